The summed E-state index contributed by atoms with van der Waals surface area (Å²) in [5.74, 6) is 0.813. The minimum Gasteiger partial charge on any atom is -0.497 e. The Morgan fingerprint density at radius 2 is 1.78 bits per heavy atom. The molecule has 0 amide bonds. The minimum absolute atomic E-state index is 0.644. The molecular weight excluding hydrogens is 490 g/mol. The highest BCUT2D eigenvalue weighted by Gasteiger charge is 2.15. The molecule has 0 aliphatic heterocycles. The number of methoxy groups -OCH3 is 1. The lowest BCUT2D eigenvalue weighted by Gasteiger charge is -2.07. The number of hydrogen-bond acceptors (Lipinski definition) is 6. The van der Waals surface area contributed by atoms with Gasteiger partial charge in [-0.3, -0.25) is 5.43 Å². The van der Waals surface area contributed by atoms with E-state index in [2.05, 4.69) is 32.6 Å². The maximum absolute atomic E-state index is 6.55. The fraction of sp³-hybridized carbons (Fsp3) is 0.0357. The van der Waals surface area contributed by atoms with Gasteiger partial charge in [0.05, 0.1) is 40.9 Å². The summed E-state index contributed by atoms with van der Waals surface area (Å²) >= 11 is 8.04. The highest BCUT2D eigenvalue weighted by molar-refractivity contribution is 7.14. The normalized spacial score (nSPS) is 11.5. The number of hydrogen-bond donors (Lipinski definition) is 2. The first-order chi connectivity index (χ1) is 17.7. The number of fused-ring (bicyclic) bond motifs is 3. The standard InChI is InChI=1S/C28H20ClN5OS/c1-35-19-12-10-17(11-13-19)25-16-36-28(33-25)34-30-15-18-14-22-20-6-3-5-9-24(20)32-27(22)26(31-18)21-7-2-4-8-23(21)29/h2-16,32H,1H3,(H,33,34)/b30-15+. The monoisotopic (exact) mass is 509 g/mol. The number of rotatable bonds is 6. The largest absolute Gasteiger partial charge is 0.497 e. The zero-order valence-corrected chi connectivity index (χ0v) is 20.8. The molecule has 176 valence electrons. The second-order valence-corrected chi connectivity index (χ2v) is 9.37. The second kappa shape index (κ2) is 9.45. The molecule has 0 bridgehead atoms. The van der Waals surface area contributed by atoms with Crippen molar-refractivity contribution >= 4 is 56.1 Å². The number of thiazole rings is 1. The van der Waals surface area contributed by atoms with Crippen LogP contribution in [0.5, 0.6) is 5.75 Å². The molecule has 0 saturated heterocycles. The Morgan fingerprint density at radius 1 is 0.972 bits per heavy atom. The van der Waals surface area contributed by atoms with E-state index in [0.29, 0.717) is 15.8 Å². The molecular formula is C28H20ClN5OS. The van der Waals surface area contributed by atoms with Crippen LogP contribution in [0, 0.1) is 0 Å². The number of nitrogens with one attached hydrogen (secondary N) is 2. The number of benzene rings is 3. The van der Waals surface area contributed by atoms with Crippen LogP contribution in [0.15, 0.2) is 89.3 Å². The molecule has 6 aromatic rings. The highest BCUT2D eigenvalue weighted by atomic mass is 35.5. The van der Waals surface area contributed by atoms with Crippen LogP contribution in [0.4, 0.5) is 5.13 Å². The average Bonchev–Trinajstić information content (AvgIpc) is 3.54. The third-order valence-electron chi connectivity index (χ3n) is 5.89. The lowest BCUT2D eigenvalue weighted by atomic mass is 10.1. The summed E-state index contributed by atoms with van der Waals surface area (Å²) in [5.41, 5.74) is 9.27. The summed E-state index contributed by atoms with van der Waals surface area (Å²) in [4.78, 5) is 13.0. The van der Waals surface area contributed by atoms with E-state index in [-0.39, 0.29) is 0 Å². The molecule has 0 saturated carbocycles. The number of para-hydroxylation sites is 1. The van der Waals surface area contributed by atoms with Crippen molar-refractivity contribution in [3.8, 4) is 28.3 Å². The number of aromatic nitrogens is 3. The fourth-order valence-electron chi connectivity index (χ4n) is 4.15. The van der Waals surface area contributed by atoms with Crippen molar-refractivity contribution in [2.75, 3.05) is 12.5 Å². The predicted octanol–water partition coefficient (Wildman–Crippen LogP) is 7.61. The van der Waals surface area contributed by atoms with E-state index in [1.54, 1.807) is 13.3 Å². The molecule has 3 heterocycles. The van der Waals surface area contributed by atoms with Gasteiger partial charge in [0.1, 0.15) is 5.75 Å². The van der Waals surface area contributed by atoms with Crippen LogP contribution in [-0.4, -0.2) is 28.3 Å². The zero-order chi connectivity index (χ0) is 24.5. The maximum Gasteiger partial charge on any atom is 0.203 e. The van der Waals surface area contributed by atoms with Crippen molar-refractivity contribution in [3.63, 3.8) is 0 Å². The molecule has 8 heteroatoms. The molecule has 0 aliphatic rings. The van der Waals surface area contributed by atoms with E-state index in [9.17, 15) is 0 Å². The van der Waals surface area contributed by atoms with Crippen LogP contribution in [0.2, 0.25) is 5.02 Å². The Hall–Kier alpha value is -4.20. The van der Waals surface area contributed by atoms with E-state index >= 15 is 0 Å². The lowest BCUT2D eigenvalue weighted by Crippen LogP contribution is -1.96. The third kappa shape index (κ3) is 4.19. The van der Waals surface area contributed by atoms with Crippen molar-refractivity contribution in [2.45, 2.75) is 0 Å². The molecule has 3 aromatic carbocycles. The number of hydrazone groups is 1. The Morgan fingerprint density at radius 3 is 2.61 bits per heavy atom. The number of aromatic amines is 1. The molecule has 0 fully saturated rings. The minimum atomic E-state index is 0.644. The molecule has 0 spiro atoms. The van der Waals surface area contributed by atoms with E-state index < -0.39 is 0 Å². The maximum atomic E-state index is 6.55. The first-order valence-electron chi connectivity index (χ1n) is 11.2. The average molecular weight is 510 g/mol. The van der Waals surface area contributed by atoms with Crippen LogP contribution in [-0.2, 0) is 0 Å². The van der Waals surface area contributed by atoms with Crippen LogP contribution in [0.25, 0.3) is 44.3 Å². The van der Waals surface area contributed by atoms with Crippen LogP contribution >= 0.6 is 22.9 Å². The molecule has 0 aliphatic carbocycles. The van der Waals surface area contributed by atoms with E-state index in [0.717, 1.165) is 50.1 Å². The summed E-state index contributed by atoms with van der Waals surface area (Å²) in [6.07, 6.45) is 1.70. The van der Waals surface area contributed by atoms with Gasteiger partial charge in [-0.1, -0.05) is 48.0 Å². The lowest BCUT2D eigenvalue weighted by molar-refractivity contribution is 0.415. The third-order valence-corrected chi connectivity index (χ3v) is 6.97. The van der Waals surface area contributed by atoms with Crippen molar-refractivity contribution in [1.29, 1.82) is 0 Å². The van der Waals surface area contributed by atoms with E-state index in [4.69, 9.17) is 21.3 Å². The van der Waals surface area contributed by atoms with Crippen LogP contribution in [0.1, 0.15) is 5.69 Å². The summed E-state index contributed by atoms with van der Waals surface area (Å²) < 4.78 is 5.23. The van der Waals surface area contributed by atoms with Gasteiger partial charge < -0.3 is 9.72 Å². The topological polar surface area (TPSA) is 75.2 Å². The quantitative estimate of drug-likeness (QED) is 0.179. The van der Waals surface area contributed by atoms with Gasteiger partial charge in [0, 0.05) is 32.8 Å². The van der Waals surface area contributed by atoms with E-state index in [1.165, 1.54) is 11.3 Å². The van der Waals surface area contributed by atoms with Gasteiger partial charge in [-0.15, -0.1) is 11.3 Å². The van der Waals surface area contributed by atoms with Crippen molar-refractivity contribution in [1.82, 2.24) is 15.0 Å². The SMILES string of the molecule is COc1ccc(-c2csc(N/N=C/c3cc4c([nH]c5ccccc54)c(-c4ccccc4Cl)n3)n2)cc1. The Kier molecular flexibility index (Phi) is 5.85. The smallest absolute Gasteiger partial charge is 0.203 e. The number of halogens is 1. The van der Waals surface area contributed by atoms with Crippen LogP contribution < -0.4 is 10.2 Å². The number of nitrogens with zero attached hydrogens (tertiary/aromatic N) is 3. The Bertz CT molecular complexity index is 1720. The molecule has 36 heavy (non-hydrogen) atoms. The highest BCUT2D eigenvalue weighted by Crippen LogP contribution is 2.35. The van der Waals surface area contributed by atoms with Crippen molar-refractivity contribution < 1.29 is 4.74 Å². The second-order valence-electron chi connectivity index (χ2n) is 8.11. The predicted molar refractivity (Wildman–Crippen MR) is 149 cm³/mol. The fourth-order valence-corrected chi connectivity index (χ4v) is 5.05. The summed E-state index contributed by atoms with van der Waals surface area (Å²) in [6, 6.07) is 25.8. The van der Waals surface area contributed by atoms with Gasteiger partial charge in [0.15, 0.2) is 0 Å². The molecule has 0 atom stereocenters. The number of anilines is 1. The van der Waals surface area contributed by atoms with Gasteiger partial charge in [0.25, 0.3) is 0 Å². The summed E-state index contributed by atoms with van der Waals surface area (Å²) in [6.45, 7) is 0. The molecule has 0 unspecified atom stereocenters. The number of H-pyrrole nitrogens is 1. The van der Waals surface area contributed by atoms with Crippen molar-refractivity contribution in [3.05, 3.63) is 95.0 Å². The Balaban J connectivity index is 1.33. The van der Waals surface area contributed by atoms with Gasteiger partial charge >= 0.3 is 0 Å². The zero-order valence-electron chi connectivity index (χ0n) is 19.2. The first kappa shape index (κ1) is 22.3. The molecule has 3 aromatic heterocycles. The van der Waals surface area contributed by atoms with Crippen LogP contribution in [0.3, 0.4) is 0 Å². The van der Waals surface area contributed by atoms with Gasteiger partial charge in [-0.2, -0.15) is 5.10 Å². The molecule has 0 radical (unpaired) electrons. The molecule has 2 N–H and O–H groups in total. The summed E-state index contributed by atoms with van der Waals surface area (Å²) in [7, 11) is 1.65. The van der Waals surface area contributed by atoms with Gasteiger partial charge in [-0.25, -0.2) is 9.97 Å². The molecule has 6 rings (SSSR count). The van der Waals surface area contributed by atoms with E-state index in [1.807, 2.05) is 72.1 Å². The Labute approximate surface area is 216 Å². The first-order valence-corrected chi connectivity index (χ1v) is 12.5. The van der Waals surface area contributed by atoms with Crippen molar-refractivity contribution in [2.24, 2.45) is 5.10 Å². The van der Waals surface area contributed by atoms with Gasteiger partial charge in [0.2, 0.25) is 5.13 Å². The number of pyridine rings is 1. The molecule has 6 nitrogen and oxygen atoms in total. The van der Waals surface area contributed by atoms with Gasteiger partial charge in [-0.05, 0) is 42.5 Å². The number of ether oxygens (including phenoxy) is 1. The summed E-state index contributed by atoms with van der Waals surface area (Å²) in [5, 5.41) is 9.93.